The van der Waals surface area contributed by atoms with Gasteiger partial charge in [-0.3, -0.25) is 4.79 Å². The molecule has 0 bridgehead atoms. The summed E-state index contributed by atoms with van der Waals surface area (Å²) in [5, 5.41) is 11.0. The lowest BCUT2D eigenvalue weighted by molar-refractivity contribution is -0.120. The van der Waals surface area contributed by atoms with Gasteiger partial charge < -0.3 is 10.2 Å². The van der Waals surface area contributed by atoms with Crippen LogP contribution in [0.3, 0.4) is 0 Å². The van der Waals surface area contributed by atoms with Gasteiger partial charge in [0.25, 0.3) is 0 Å². The molecule has 1 amide bonds. The summed E-state index contributed by atoms with van der Waals surface area (Å²) in [5.74, 6) is 0.383. The average molecular weight is 314 g/mol. The molecule has 120 valence electrons. The number of aryl methyl sites for hydroxylation is 1. The van der Waals surface area contributed by atoms with E-state index < -0.39 is 0 Å². The number of amides is 1. The molecule has 2 aromatic rings. The number of piperidine rings is 1. The summed E-state index contributed by atoms with van der Waals surface area (Å²) in [4.78, 5) is 14.4. The maximum atomic E-state index is 13.2. The van der Waals surface area contributed by atoms with Gasteiger partial charge in [-0.05, 0) is 50.1 Å². The molecule has 0 aliphatic carbocycles. The van der Waals surface area contributed by atoms with E-state index in [1.807, 2.05) is 19.1 Å². The fourth-order valence-corrected chi connectivity index (χ4v) is 2.74. The molecule has 1 fully saturated rings. The van der Waals surface area contributed by atoms with Gasteiger partial charge in [-0.2, -0.15) is 5.10 Å². The number of nitrogens with zero attached hydrogens (tertiary/aromatic N) is 3. The van der Waals surface area contributed by atoms with Gasteiger partial charge in [-0.15, -0.1) is 5.10 Å². The molecule has 0 saturated carbocycles. The van der Waals surface area contributed by atoms with E-state index in [1.165, 1.54) is 12.1 Å². The van der Waals surface area contributed by atoms with E-state index in [0.29, 0.717) is 5.69 Å². The van der Waals surface area contributed by atoms with Gasteiger partial charge in [0.1, 0.15) is 5.82 Å². The highest BCUT2D eigenvalue weighted by atomic mass is 19.1. The standard InChI is InChI=1S/C17H19FN4O/c1-12-5-6-16(21-20-12)22-9-7-13(8-10-22)17(23)19-15-4-2-3-14(18)11-15/h2-6,11,13H,7-10H2,1H3,(H,19,23). The minimum atomic E-state index is -0.351. The van der Waals surface area contributed by atoms with Crippen LogP contribution in [0.4, 0.5) is 15.9 Å². The number of anilines is 2. The Balaban J connectivity index is 1.56. The van der Waals surface area contributed by atoms with Crippen LogP contribution in [0.5, 0.6) is 0 Å². The summed E-state index contributed by atoms with van der Waals surface area (Å²) < 4.78 is 13.2. The number of benzene rings is 1. The van der Waals surface area contributed by atoms with Gasteiger partial charge in [0.15, 0.2) is 5.82 Å². The Morgan fingerprint density at radius 1 is 1.22 bits per heavy atom. The Morgan fingerprint density at radius 2 is 2.00 bits per heavy atom. The number of rotatable bonds is 3. The van der Waals surface area contributed by atoms with Crippen molar-refractivity contribution in [3.05, 3.63) is 47.9 Å². The number of aromatic nitrogens is 2. The molecule has 2 heterocycles. The number of nitrogens with one attached hydrogen (secondary N) is 1. The van der Waals surface area contributed by atoms with Crippen molar-refractivity contribution in [2.75, 3.05) is 23.3 Å². The zero-order valence-electron chi connectivity index (χ0n) is 13.0. The first-order chi connectivity index (χ1) is 11.1. The third-order valence-corrected chi connectivity index (χ3v) is 4.07. The Bertz CT molecular complexity index is 681. The molecule has 23 heavy (non-hydrogen) atoms. The van der Waals surface area contributed by atoms with Crippen LogP contribution in [0.15, 0.2) is 36.4 Å². The van der Waals surface area contributed by atoms with Gasteiger partial charge >= 0.3 is 0 Å². The third-order valence-electron chi connectivity index (χ3n) is 4.07. The summed E-state index contributed by atoms with van der Waals surface area (Å²) in [5.41, 5.74) is 1.39. The van der Waals surface area contributed by atoms with Crippen LogP contribution in [0, 0.1) is 18.7 Å². The van der Waals surface area contributed by atoms with Gasteiger partial charge in [-0.25, -0.2) is 4.39 Å². The molecule has 1 aromatic carbocycles. The van der Waals surface area contributed by atoms with E-state index in [1.54, 1.807) is 12.1 Å². The fraction of sp³-hybridized carbons (Fsp3) is 0.353. The zero-order chi connectivity index (χ0) is 16.2. The SMILES string of the molecule is Cc1ccc(N2CCC(C(=O)Nc3cccc(F)c3)CC2)nn1. The molecule has 1 aromatic heterocycles. The molecule has 1 N–H and O–H groups in total. The molecular formula is C17H19FN4O. The molecule has 1 saturated heterocycles. The van der Waals surface area contributed by atoms with E-state index in [0.717, 1.165) is 37.4 Å². The largest absolute Gasteiger partial charge is 0.355 e. The maximum Gasteiger partial charge on any atom is 0.227 e. The molecule has 0 radical (unpaired) electrons. The van der Waals surface area contributed by atoms with Crippen LogP contribution in [-0.4, -0.2) is 29.2 Å². The molecule has 0 spiro atoms. The Morgan fingerprint density at radius 3 is 2.65 bits per heavy atom. The summed E-state index contributed by atoms with van der Waals surface area (Å²) in [6, 6.07) is 9.86. The Labute approximate surface area is 134 Å². The van der Waals surface area contributed by atoms with Crippen LogP contribution in [0.2, 0.25) is 0 Å². The predicted molar refractivity (Wildman–Crippen MR) is 86.7 cm³/mol. The van der Waals surface area contributed by atoms with E-state index >= 15 is 0 Å². The zero-order valence-corrected chi connectivity index (χ0v) is 13.0. The monoisotopic (exact) mass is 314 g/mol. The predicted octanol–water partition coefficient (Wildman–Crippen LogP) is 2.78. The summed E-state index contributed by atoms with van der Waals surface area (Å²) in [6.07, 6.45) is 1.49. The highest BCUT2D eigenvalue weighted by Gasteiger charge is 2.25. The lowest BCUT2D eigenvalue weighted by atomic mass is 9.96. The van der Waals surface area contributed by atoms with Crippen LogP contribution in [0.1, 0.15) is 18.5 Å². The highest BCUT2D eigenvalue weighted by molar-refractivity contribution is 5.92. The first kappa shape index (κ1) is 15.4. The number of carbonyl (C=O) groups excluding carboxylic acids is 1. The van der Waals surface area contributed by atoms with Crippen LogP contribution >= 0.6 is 0 Å². The summed E-state index contributed by atoms with van der Waals surface area (Å²) >= 11 is 0. The van der Waals surface area contributed by atoms with Gasteiger partial charge in [0.2, 0.25) is 5.91 Å². The smallest absolute Gasteiger partial charge is 0.227 e. The Hall–Kier alpha value is -2.50. The molecule has 5 nitrogen and oxygen atoms in total. The van der Waals surface area contributed by atoms with Crippen molar-refractivity contribution in [3.8, 4) is 0 Å². The van der Waals surface area contributed by atoms with E-state index in [9.17, 15) is 9.18 Å². The highest BCUT2D eigenvalue weighted by Crippen LogP contribution is 2.23. The van der Waals surface area contributed by atoms with Crippen LogP contribution < -0.4 is 10.2 Å². The molecule has 1 aliphatic rings. The first-order valence-corrected chi connectivity index (χ1v) is 7.73. The lowest BCUT2D eigenvalue weighted by Crippen LogP contribution is -2.38. The van der Waals surface area contributed by atoms with Gasteiger partial charge in [0, 0.05) is 24.7 Å². The van der Waals surface area contributed by atoms with Crippen molar-refractivity contribution in [1.29, 1.82) is 0 Å². The van der Waals surface area contributed by atoms with Gasteiger partial charge in [-0.1, -0.05) is 6.07 Å². The van der Waals surface area contributed by atoms with Crippen molar-refractivity contribution in [2.45, 2.75) is 19.8 Å². The second-order valence-electron chi connectivity index (χ2n) is 5.79. The summed E-state index contributed by atoms with van der Waals surface area (Å²) in [6.45, 7) is 3.43. The molecule has 1 aliphatic heterocycles. The van der Waals surface area contributed by atoms with Crippen molar-refractivity contribution in [3.63, 3.8) is 0 Å². The van der Waals surface area contributed by atoms with Crippen molar-refractivity contribution < 1.29 is 9.18 Å². The Kier molecular flexibility index (Phi) is 4.50. The van der Waals surface area contributed by atoms with Crippen molar-refractivity contribution >= 4 is 17.4 Å². The fourth-order valence-electron chi connectivity index (χ4n) is 2.74. The average Bonchev–Trinajstić information content (AvgIpc) is 2.56. The second-order valence-corrected chi connectivity index (χ2v) is 5.79. The minimum Gasteiger partial charge on any atom is -0.355 e. The number of hydrogen-bond donors (Lipinski definition) is 1. The van der Waals surface area contributed by atoms with E-state index in [2.05, 4.69) is 20.4 Å². The topological polar surface area (TPSA) is 58.1 Å². The molecule has 6 heteroatoms. The normalized spacial score (nSPS) is 15.5. The molecule has 0 unspecified atom stereocenters. The lowest BCUT2D eigenvalue weighted by Gasteiger charge is -2.31. The van der Waals surface area contributed by atoms with E-state index in [-0.39, 0.29) is 17.6 Å². The summed E-state index contributed by atoms with van der Waals surface area (Å²) in [7, 11) is 0. The number of carbonyl (C=O) groups is 1. The number of halogens is 1. The van der Waals surface area contributed by atoms with Crippen LogP contribution in [-0.2, 0) is 4.79 Å². The second kappa shape index (κ2) is 6.73. The molecular weight excluding hydrogens is 295 g/mol. The number of hydrogen-bond acceptors (Lipinski definition) is 4. The molecule has 3 rings (SSSR count). The van der Waals surface area contributed by atoms with Gasteiger partial charge in [0.05, 0.1) is 5.69 Å². The third kappa shape index (κ3) is 3.83. The molecule has 0 atom stereocenters. The van der Waals surface area contributed by atoms with E-state index in [4.69, 9.17) is 0 Å². The quantitative estimate of drug-likeness (QED) is 0.946. The van der Waals surface area contributed by atoms with Crippen LogP contribution in [0.25, 0.3) is 0 Å². The van der Waals surface area contributed by atoms with Crippen molar-refractivity contribution in [1.82, 2.24) is 10.2 Å². The van der Waals surface area contributed by atoms with Crippen molar-refractivity contribution in [2.24, 2.45) is 5.92 Å². The maximum absolute atomic E-state index is 13.2. The minimum absolute atomic E-state index is 0.0507. The first-order valence-electron chi connectivity index (χ1n) is 7.73.